The summed E-state index contributed by atoms with van der Waals surface area (Å²) in [6, 6.07) is 18.0. The standard InChI is InChI=1S/C20H26N4O.HI/c1-15(2)17-9-6-10-18(13-17)24-20(21)23-14-19(25)22-12-11-16-7-4-3-5-8-16;/h3-10,13,15H,11-12,14H2,1-2H3,(H,22,25)(H3,21,23,24);1H. The number of hydrogen-bond acceptors (Lipinski definition) is 2. The van der Waals surface area contributed by atoms with Crippen LogP contribution < -0.4 is 16.4 Å². The van der Waals surface area contributed by atoms with Gasteiger partial charge in [-0.05, 0) is 35.6 Å². The number of halogens is 1. The number of guanidine groups is 1. The summed E-state index contributed by atoms with van der Waals surface area (Å²) in [6.45, 7) is 4.87. The van der Waals surface area contributed by atoms with Crippen molar-refractivity contribution in [2.24, 2.45) is 10.7 Å². The molecule has 2 aromatic carbocycles. The van der Waals surface area contributed by atoms with E-state index in [-0.39, 0.29) is 42.4 Å². The highest BCUT2D eigenvalue weighted by molar-refractivity contribution is 14.0. The van der Waals surface area contributed by atoms with Gasteiger partial charge in [-0.3, -0.25) is 4.79 Å². The Morgan fingerprint density at radius 2 is 1.85 bits per heavy atom. The molecule has 140 valence electrons. The molecule has 1 amide bonds. The van der Waals surface area contributed by atoms with Gasteiger partial charge >= 0.3 is 0 Å². The van der Waals surface area contributed by atoms with Crippen LogP contribution in [-0.4, -0.2) is 25.0 Å². The Morgan fingerprint density at radius 1 is 1.12 bits per heavy atom. The highest BCUT2D eigenvalue weighted by Gasteiger charge is 2.03. The maximum absolute atomic E-state index is 11.8. The van der Waals surface area contributed by atoms with Gasteiger partial charge in [0.2, 0.25) is 5.91 Å². The summed E-state index contributed by atoms with van der Waals surface area (Å²) in [5.41, 5.74) is 9.14. The van der Waals surface area contributed by atoms with E-state index in [1.165, 1.54) is 11.1 Å². The summed E-state index contributed by atoms with van der Waals surface area (Å²) in [7, 11) is 0. The smallest absolute Gasteiger partial charge is 0.241 e. The number of anilines is 1. The van der Waals surface area contributed by atoms with Crippen LogP contribution in [0.1, 0.15) is 30.9 Å². The number of amides is 1. The summed E-state index contributed by atoms with van der Waals surface area (Å²) in [5, 5.41) is 5.87. The minimum atomic E-state index is -0.142. The fourth-order valence-corrected chi connectivity index (χ4v) is 2.37. The molecule has 0 saturated heterocycles. The first-order valence-electron chi connectivity index (χ1n) is 8.52. The van der Waals surface area contributed by atoms with Crippen molar-refractivity contribution in [2.75, 3.05) is 18.4 Å². The Morgan fingerprint density at radius 3 is 2.54 bits per heavy atom. The summed E-state index contributed by atoms with van der Waals surface area (Å²) in [5.74, 6) is 0.533. The zero-order valence-corrected chi connectivity index (χ0v) is 17.6. The maximum Gasteiger partial charge on any atom is 0.241 e. The molecular formula is C20H27IN4O. The first-order chi connectivity index (χ1) is 12.0. The summed E-state index contributed by atoms with van der Waals surface area (Å²) in [6.07, 6.45) is 0.798. The average molecular weight is 466 g/mol. The third kappa shape index (κ3) is 7.86. The number of benzene rings is 2. The molecule has 0 bridgehead atoms. The van der Waals surface area contributed by atoms with Crippen LogP contribution in [0, 0.1) is 0 Å². The molecule has 4 N–H and O–H groups in total. The zero-order valence-electron chi connectivity index (χ0n) is 15.2. The van der Waals surface area contributed by atoms with Gasteiger partial charge in [0, 0.05) is 12.2 Å². The van der Waals surface area contributed by atoms with E-state index in [2.05, 4.69) is 35.5 Å². The number of rotatable bonds is 7. The number of nitrogens with two attached hydrogens (primary N) is 1. The molecule has 0 aliphatic rings. The van der Waals surface area contributed by atoms with E-state index in [0.717, 1.165) is 12.1 Å². The fraction of sp³-hybridized carbons (Fsp3) is 0.300. The lowest BCUT2D eigenvalue weighted by atomic mass is 10.0. The predicted octanol–water partition coefficient (Wildman–Crippen LogP) is 3.51. The van der Waals surface area contributed by atoms with E-state index in [9.17, 15) is 4.79 Å². The van der Waals surface area contributed by atoms with Gasteiger partial charge in [-0.2, -0.15) is 0 Å². The molecule has 0 aliphatic heterocycles. The van der Waals surface area contributed by atoms with Crippen molar-refractivity contribution in [1.82, 2.24) is 5.32 Å². The van der Waals surface area contributed by atoms with Crippen LogP contribution in [0.2, 0.25) is 0 Å². The first kappa shape index (κ1) is 22.0. The summed E-state index contributed by atoms with van der Waals surface area (Å²) < 4.78 is 0. The van der Waals surface area contributed by atoms with Crippen LogP contribution in [0.3, 0.4) is 0 Å². The highest BCUT2D eigenvalue weighted by Crippen LogP contribution is 2.18. The molecular weight excluding hydrogens is 439 g/mol. The minimum Gasteiger partial charge on any atom is -0.370 e. The van der Waals surface area contributed by atoms with Gasteiger partial charge < -0.3 is 16.4 Å². The number of nitrogens with zero attached hydrogens (tertiary/aromatic N) is 1. The molecule has 0 fully saturated rings. The second-order valence-electron chi connectivity index (χ2n) is 6.19. The van der Waals surface area contributed by atoms with Crippen molar-refractivity contribution < 1.29 is 4.79 Å². The Hall–Kier alpha value is -2.09. The van der Waals surface area contributed by atoms with Crippen LogP contribution in [0.15, 0.2) is 59.6 Å². The lowest BCUT2D eigenvalue weighted by Gasteiger charge is -2.10. The maximum atomic E-state index is 11.8. The van der Waals surface area contributed by atoms with E-state index in [1.807, 2.05) is 48.5 Å². The fourth-order valence-electron chi connectivity index (χ4n) is 2.37. The summed E-state index contributed by atoms with van der Waals surface area (Å²) >= 11 is 0. The number of aliphatic imine (C=N–C) groups is 1. The molecule has 6 heteroatoms. The van der Waals surface area contributed by atoms with E-state index in [0.29, 0.717) is 12.5 Å². The molecule has 0 spiro atoms. The van der Waals surface area contributed by atoms with Crippen molar-refractivity contribution in [1.29, 1.82) is 0 Å². The van der Waals surface area contributed by atoms with Crippen LogP contribution in [0.4, 0.5) is 5.69 Å². The van der Waals surface area contributed by atoms with E-state index >= 15 is 0 Å². The van der Waals surface area contributed by atoms with Crippen molar-refractivity contribution in [3.8, 4) is 0 Å². The SMILES string of the molecule is CC(C)c1cccc(NC(N)=NCC(=O)NCCc2ccccc2)c1.I. The predicted molar refractivity (Wildman–Crippen MR) is 119 cm³/mol. The number of carbonyl (C=O) groups excluding carboxylic acids is 1. The van der Waals surface area contributed by atoms with Crippen molar-refractivity contribution in [3.05, 3.63) is 65.7 Å². The van der Waals surface area contributed by atoms with E-state index < -0.39 is 0 Å². The Kier molecular flexibility index (Phi) is 9.72. The summed E-state index contributed by atoms with van der Waals surface area (Å²) in [4.78, 5) is 15.9. The van der Waals surface area contributed by atoms with Gasteiger partial charge in [0.05, 0.1) is 0 Å². The molecule has 2 rings (SSSR count). The van der Waals surface area contributed by atoms with Crippen LogP contribution in [0.5, 0.6) is 0 Å². The molecule has 2 aromatic rings. The van der Waals surface area contributed by atoms with Crippen molar-refractivity contribution >= 4 is 41.5 Å². The minimum absolute atomic E-state index is 0. The van der Waals surface area contributed by atoms with Crippen molar-refractivity contribution in [3.63, 3.8) is 0 Å². The normalized spacial score (nSPS) is 11.0. The zero-order chi connectivity index (χ0) is 18.1. The molecule has 26 heavy (non-hydrogen) atoms. The molecule has 0 aliphatic carbocycles. The number of hydrogen-bond donors (Lipinski definition) is 3. The molecule has 0 heterocycles. The monoisotopic (exact) mass is 466 g/mol. The topological polar surface area (TPSA) is 79.5 Å². The second kappa shape index (κ2) is 11.5. The Bertz CT molecular complexity index is 717. The third-order valence-electron chi connectivity index (χ3n) is 3.80. The average Bonchev–Trinajstić information content (AvgIpc) is 2.61. The van der Waals surface area contributed by atoms with Gasteiger partial charge in [0.25, 0.3) is 0 Å². The van der Waals surface area contributed by atoms with E-state index in [4.69, 9.17) is 5.73 Å². The lowest BCUT2D eigenvalue weighted by molar-refractivity contribution is -0.119. The molecule has 5 nitrogen and oxygen atoms in total. The van der Waals surface area contributed by atoms with Gasteiger partial charge in [0.1, 0.15) is 6.54 Å². The number of carbonyl (C=O) groups is 1. The first-order valence-corrected chi connectivity index (χ1v) is 8.52. The quantitative estimate of drug-likeness (QED) is 0.332. The van der Waals surface area contributed by atoms with Crippen LogP contribution in [0.25, 0.3) is 0 Å². The highest BCUT2D eigenvalue weighted by atomic mass is 127. The van der Waals surface area contributed by atoms with Gasteiger partial charge in [-0.25, -0.2) is 4.99 Å². The molecule has 0 atom stereocenters. The van der Waals surface area contributed by atoms with Gasteiger partial charge in [-0.15, -0.1) is 24.0 Å². The van der Waals surface area contributed by atoms with Crippen LogP contribution >= 0.6 is 24.0 Å². The Labute approximate surface area is 172 Å². The molecule has 0 radical (unpaired) electrons. The van der Waals surface area contributed by atoms with Gasteiger partial charge in [0.15, 0.2) is 5.96 Å². The van der Waals surface area contributed by atoms with Crippen LogP contribution in [-0.2, 0) is 11.2 Å². The molecule has 0 unspecified atom stereocenters. The lowest BCUT2D eigenvalue weighted by Crippen LogP contribution is -2.30. The van der Waals surface area contributed by atoms with Crippen molar-refractivity contribution in [2.45, 2.75) is 26.2 Å². The molecule has 0 saturated carbocycles. The second-order valence-corrected chi connectivity index (χ2v) is 6.19. The Balaban J connectivity index is 0.00000338. The van der Waals surface area contributed by atoms with E-state index in [1.54, 1.807) is 0 Å². The third-order valence-corrected chi connectivity index (χ3v) is 3.80. The largest absolute Gasteiger partial charge is 0.370 e. The molecule has 0 aromatic heterocycles. The number of nitrogens with one attached hydrogen (secondary N) is 2. The van der Waals surface area contributed by atoms with Gasteiger partial charge in [-0.1, -0.05) is 56.3 Å².